The van der Waals surface area contributed by atoms with Crippen LogP contribution in [0.15, 0.2) is 35.7 Å². The van der Waals surface area contributed by atoms with Gasteiger partial charge in [0.2, 0.25) is 0 Å². The predicted molar refractivity (Wildman–Crippen MR) is 87.5 cm³/mol. The van der Waals surface area contributed by atoms with Crippen LogP contribution in [0, 0.1) is 0 Å². The number of benzene rings is 1. The normalized spacial score (nSPS) is 15.7. The number of nitrogens with zero attached hydrogens (tertiary/aromatic N) is 2. The molecule has 1 aliphatic carbocycles. The molecule has 6 heteroatoms. The molecule has 1 heterocycles. The number of nitrogens with one attached hydrogen (secondary N) is 1. The number of thiazole rings is 1. The van der Waals surface area contributed by atoms with E-state index in [0.29, 0.717) is 12.6 Å². The van der Waals surface area contributed by atoms with Gasteiger partial charge in [-0.1, -0.05) is 18.2 Å². The van der Waals surface area contributed by atoms with Gasteiger partial charge in [-0.2, -0.15) is 0 Å². The van der Waals surface area contributed by atoms with E-state index in [1.54, 1.807) is 18.3 Å². The van der Waals surface area contributed by atoms with Crippen LogP contribution in [-0.2, 0) is 11.3 Å². The van der Waals surface area contributed by atoms with Crippen LogP contribution >= 0.6 is 11.3 Å². The summed E-state index contributed by atoms with van der Waals surface area (Å²) < 4.78 is 0. The summed E-state index contributed by atoms with van der Waals surface area (Å²) in [4.78, 5) is 17.8. The van der Waals surface area contributed by atoms with Crippen molar-refractivity contribution in [1.82, 2.24) is 9.88 Å². The van der Waals surface area contributed by atoms with E-state index in [1.807, 2.05) is 40.6 Å². The van der Waals surface area contributed by atoms with Gasteiger partial charge in [0.05, 0.1) is 5.69 Å². The second-order valence-corrected chi connectivity index (χ2v) is 6.41. The van der Waals surface area contributed by atoms with Crippen LogP contribution < -0.4 is 5.32 Å². The van der Waals surface area contributed by atoms with Gasteiger partial charge in [-0.25, -0.2) is 4.98 Å². The van der Waals surface area contributed by atoms with Crippen LogP contribution in [0.5, 0.6) is 0 Å². The average Bonchev–Trinajstić information content (AvgIpc) is 3.26. The molecule has 1 unspecified atom stereocenters. The minimum Gasteiger partial charge on any atom is -0.480 e. The highest BCUT2D eigenvalue weighted by Gasteiger charge is 2.35. The van der Waals surface area contributed by atoms with Crippen LogP contribution in [0.1, 0.15) is 25.5 Å². The van der Waals surface area contributed by atoms with E-state index in [-0.39, 0.29) is 0 Å². The van der Waals surface area contributed by atoms with E-state index < -0.39 is 12.0 Å². The van der Waals surface area contributed by atoms with E-state index in [9.17, 15) is 9.90 Å². The molecule has 1 atom stereocenters. The van der Waals surface area contributed by atoms with Gasteiger partial charge in [-0.3, -0.25) is 9.69 Å². The van der Waals surface area contributed by atoms with E-state index in [2.05, 4.69) is 10.3 Å². The molecule has 2 N–H and O–H groups in total. The first-order chi connectivity index (χ1) is 10.6. The molecule has 2 aromatic rings. The molecular formula is C16H19N3O2S. The number of carbonyl (C=O) groups is 1. The van der Waals surface area contributed by atoms with Crippen molar-refractivity contribution in [2.45, 2.75) is 38.4 Å². The van der Waals surface area contributed by atoms with Crippen molar-refractivity contribution < 1.29 is 9.90 Å². The van der Waals surface area contributed by atoms with Crippen LogP contribution in [-0.4, -0.2) is 33.0 Å². The summed E-state index contributed by atoms with van der Waals surface area (Å²) >= 11 is 1.54. The Balaban J connectivity index is 1.66. The molecule has 1 aromatic heterocycles. The molecule has 1 aromatic carbocycles. The molecule has 0 spiro atoms. The number of hydrogen-bond donors (Lipinski definition) is 2. The second-order valence-electron chi connectivity index (χ2n) is 5.55. The van der Waals surface area contributed by atoms with Gasteiger partial charge in [-0.15, -0.1) is 11.3 Å². The summed E-state index contributed by atoms with van der Waals surface area (Å²) in [6.45, 7) is 2.33. The maximum Gasteiger partial charge on any atom is 0.320 e. The van der Waals surface area contributed by atoms with Gasteiger partial charge in [0.25, 0.3) is 0 Å². The standard InChI is InChI=1S/C16H19N3O2S/c1-11(15(20)21)19(14-7-8-14)9-13-10-22-16(18-13)17-12-5-3-2-4-6-12/h2-6,10-11,14H,7-9H2,1H3,(H,17,18)(H,20,21). The first kappa shape index (κ1) is 15.0. The van der Waals surface area contributed by atoms with Crippen molar-refractivity contribution in [3.8, 4) is 0 Å². The molecule has 116 valence electrons. The SMILES string of the molecule is CC(C(=O)O)N(Cc1csc(Nc2ccccc2)n1)C1CC1. The lowest BCUT2D eigenvalue weighted by Gasteiger charge is -2.25. The first-order valence-electron chi connectivity index (χ1n) is 7.38. The van der Waals surface area contributed by atoms with Crippen LogP contribution in [0.3, 0.4) is 0 Å². The summed E-state index contributed by atoms with van der Waals surface area (Å²) in [6, 6.07) is 9.81. The second kappa shape index (κ2) is 6.46. The molecule has 5 nitrogen and oxygen atoms in total. The molecule has 0 radical (unpaired) electrons. The van der Waals surface area contributed by atoms with Crippen molar-refractivity contribution in [2.75, 3.05) is 5.32 Å². The highest BCUT2D eigenvalue weighted by atomic mass is 32.1. The Labute approximate surface area is 133 Å². The topological polar surface area (TPSA) is 65.5 Å². The highest BCUT2D eigenvalue weighted by molar-refractivity contribution is 7.13. The molecule has 22 heavy (non-hydrogen) atoms. The fourth-order valence-electron chi connectivity index (χ4n) is 2.40. The highest BCUT2D eigenvalue weighted by Crippen LogP contribution is 2.31. The van der Waals surface area contributed by atoms with E-state index in [1.165, 1.54) is 0 Å². The number of hydrogen-bond acceptors (Lipinski definition) is 5. The molecule has 0 bridgehead atoms. The van der Waals surface area contributed by atoms with Crippen molar-refractivity contribution in [3.63, 3.8) is 0 Å². The maximum atomic E-state index is 11.2. The van der Waals surface area contributed by atoms with Crippen LogP contribution in [0.2, 0.25) is 0 Å². The molecule has 0 saturated heterocycles. The summed E-state index contributed by atoms with van der Waals surface area (Å²) in [5.41, 5.74) is 1.92. The Bertz CT molecular complexity index is 640. The predicted octanol–water partition coefficient (Wildman–Crippen LogP) is 3.32. The zero-order valence-electron chi connectivity index (χ0n) is 12.4. The molecule has 1 saturated carbocycles. The zero-order valence-corrected chi connectivity index (χ0v) is 13.2. The molecule has 1 aliphatic rings. The number of carboxylic acid groups (broad SMARTS) is 1. The summed E-state index contributed by atoms with van der Waals surface area (Å²) in [6.07, 6.45) is 2.16. The minimum atomic E-state index is -0.773. The van der Waals surface area contributed by atoms with Crippen LogP contribution in [0.4, 0.5) is 10.8 Å². The third kappa shape index (κ3) is 3.64. The van der Waals surface area contributed by atoms with E-state index >= 15 is 0 Å². The molecule has 0 amide bonds. The van der Waals surface area contributed by atoms with Gasteiger partial charge in [-0.05, 0) is 31.9 Å². The van der Waals surface area contributed by atoms with Crippen molar-refractivity contribution in [2.24, 2.45) is 0 Å². The summed E-state index contributed by atoms with van der Waals surface area (Å²) in [5, 5.41) is 15.3. The number of aromatic nitrogens is 1. The number of anilines is 2. The Hall–Kier alpha value is -1.92. The van der Waals surface area contributed by atoms with Gasteiger partial charge < -0.3 is 10.4 Å². The quantitative estimate of drug-likeness (QED) is 0.820. The molecule has 1 fully saturated rings. The van der Waals surface area contributed by atoms with Gasteiger partial charge >= 0.3 is 5.97 Å². The van der Waals surface area contributed by atoms with Gasteiger partial charge in [0.1, 0.15) is 6.04 Å². The third-order valence-electron chi connectivity index (χ3n) is 3.79. The lowest BCUT2D eigenvalue weighted by Crippen LogP contribution is -2.40. The smallest absolute Gasteiger partial charge is 0.320 e. The molecule has 3 rings (SSSR count). The Kier molecular flexibility index (Phi) is 4.40. The monoisotopic (exact) mass is 317 g/mol. The summed E-state index contributed by atoms with van der Waals surface area (Å²) in [7, 11) is 0. The lowest BCUT2D eigenvalue weighted by molar-refractivity contribution is -0.143. The summed E-state index contributed by atoms with van der Waals surface area (Å²) in [5.74, 6) is -0.773. The zero-order chi connectivity index (χ0) is 15.5. The Morgan fingerprint density at radius 1 is 1.45 bits per heavy atom. The van der Waals surface area contributed by atoms with Crippen molar-refractivity contribution >= 4 is 28.1 Å². The number of carboxylic acids is 1. The Morgan fingerprint density at radius 2 is 2.18 bits per heavy atom. The van der Waals surface area contributed by atoms with E-state index in [4.69, 9.17) is 0 Å². The number of rotatable bonds is 7. The van der Waals surface area contributed by atoms with Crippen molar-refractivity contribution in [1.29, 1.82) is 0 Å². The maximum absolute atomic E-state index is 11.2. The first-order valence-corrected chi connectivity index (χ1v) is 8.26. The Morgan fingerprint density at radius 3 is 2.82 bits per heavy atom. The average molecular weight is 317 g/mol. The van der Waals surface area contributed by atoms with Crippen molar-refractivity contribution in [3.05, 3.63) is 41.4 Å². The lowest BCUT2D eigenvalue weighted by atomic mass is 10.2. The molecular weight excluding hydrogens is 298 g/mol. The third-order valence-corrected chi connectivity index (χ3v) is 4.60. The largest absolute Gasteiger partial charge is 0.480 e. The van der Waals surface area contributed by atoms with Gasteiger partial charge in [0.15, 0.2) is 5.13 Å². The number of para-hydroxylation sites is 1. The fourth-order valence-corrected chi connectivity index (χ4v) is 3.12. The minimum absolute atomic E-state index is 0.387. The van der Waals surface area contributed by atoms with Gasteiger partial charge in [0, 0.05) is 23.7 Å². The van der Waals surface area contributed by atoms with E-state index in [0.717, 1.165) is 29.4 Å². The van der Waals surface area contributed by atoms with Crippen LogP contribution in [0.25, 0.3) is 0 Å². The fraction of sp³-hybridized carbons (Fsp3) is 0.375. The molecule has 0 aliphatic heterocycles. The number of aliphatic carboxylic acids is 1.